The van der Waals surface area contributed by atoms with Gasteiger partial charge < -0.3 is 5.73 Å². The van der Waals surface area contributed by atoms with Crippen LogP contribution in [0.15, 0.2) is 23.8 Å². The van der Waals surface area contributed by atoms with Gasteiger partial charge in [-0.3, -0.25) is 0 Å². The molecule has 0 unspecified atom stereocenters. The monoisotopic (exact) mass is 125 g/mol. The molecule has 1 nitrogen and oxygen atoms in total. The minimum absolute atomic E-state index is 0.632. The molecular weight excluding hydrogens is 110 g/mol. The van der Waals surface area contributed by atoms with Crippen LogP contribution in [0.4, 0.5) is 0 Å². The lowest BCUT2D eigenvalue weighted by Gasteiger charge is -1.87. The molecule has 0 aromatic carbocycles. The highest BCUT2D eigenvalue weighted by Crippen LogP contribution is 1.96. The van der Waals surface area contributed by atoms with E-state index in [1.165, 1.54) is 5.57 Å². The van der Waals surface area contributed by atoms with E-state index >= 15 is 0 Å². The van der Waals surface area contributed by atoms with Crippen molar-refractivity contribution in [3.05, 3.63) is 23.8 Å². The van der Waals surface area contributed by atoms with Crippen LogP contribution in [0.25, 0.3) is 0 Å². The van der Waals surface area contributed by atoms with Gasteiger partial charge in [0.15, 0.2) is 0 Å². The number of allylic oxidation sites excluding steroid dienone is 3. The summed E-state index contributed by atoms with van der Waals surface area (Å²) in [6, 6.07) is 0. The zero-order chi connectivity index (χ0) is 7.11. The van der Waals surface area contributed by atoms with Gasteiger partial charge in [0.2, 0.25) is 0 Å². The molecule has 9 heavy (non-hydrogen) atoms. The van der Waals surface area contributed by atoms with Gasteiger partial charge >= 0.3 is 0 Å². The fourth-order valence-electron chi connectivity index (χ4n) is 0.429. The highest BCUT2D eigenvalue weighted by molar-refractivity contribution is 5.09. The topological polar surface area (TPSA) is 26.0 Å². The SMILES string of the molecule is CCC(C)=CC=CCN. The van der Waals surface area contributed by atoms with Crippen molar-refractivity contribution in [1.82, 2.24) is 0 Å². The Hall–Kier alpha value is -0.560. The molecule has 0 aliphatic rings. The van der Waals surface area contributed by atoms with Crippen molar-refractivity contribution in [2.75, 3.05) is 6.54 Å². The first-order valence-electron chi connectivity index (χ1n) is 3.33. The Balaban J connectivity index is 3.55. The van der Waals surface area contributed by atoms with Crippen LogP contribution in [0.3, 0.4) is 0 Å². The van der Waals surface area contributed by atoms with E-state index in [1.54, 1.807) is 0 Å². The standard InChI is InChI=1S/C8H15N/c1-3-8(2)6-4-5-7-9/h4-6H,3,7,9H2,1-2H3. The van der Waals surface area contributed by atoms with Crippen molar-refractivity contribution < 1.29 is 0 Å². The van der Waals surface area contributed by atoms with E-state index in [1.807, 2.05) is 12.2 Å². The van der Waals surface area contributed by atoms with Crippen LogP contribution in [0.5, 0.6) is 0 Å². The van der Waals surface area contributed by atoms with Crippen LogP contribution in [0.2, 0.25) is 0 Å². The normalized spacial score (nSPS) is 13.0. The lowest BCUT2D eigenvalue weighted by Crippen LogP contribution is -1.91. The molecule has 0 aliphatic heterocycles. The van der Waals surface area contributed by atoms with Crippen LogP contribution in [-0.4, -0.2) is 6.54 Å². The molecule has 0 radical (unpaired) electrons. The Kier molecular flexibility index (Phi) is 5.23. The second-order valence-corrected chi connectivity index (χ2v) is 2.03. The second kappa shape index (κ2) is 5.57. The first-order chi connectivity index (χ1) is 4.31. The van der Waals surface area contributed by atoms with Crippen molar-refractivity contribution in [3.63, 3.8) is 0 Å². The molecule has 0 spiro atoms. The zero-order valence-electron chi connectivity index (χ0n) is 6.22. The predicted molar refractivity (Wildman–Crippen MR) is 42.2 cm³/mol. The van der Waals surface area contributed by atoms with Gasteiger partial charge in [-0.1, -0.05) is 30.7 Å². The van der Waals surface area contributed by atoms with Crippen molar-refractivity contribution in [3.8, 4) is 0 Å². The molecule has 0 atom stereocenters. The van der Waals surface area contributed by atoms with Crippen molar-refractivity contribution in [1.29, 1.82) is 0 Å². The summed E-state index contributed by atoms with van der Waals surface area (Å²) in [5.74, 6) is 0. The molecule has 0 saturated heterocycles. The molecule has 0 saturated carbocycles. The van der Waals surface area contributed by atoms with Gasteiger partial charge in [0.25, 0.3) is 0 Å². The van der Waals surface area contributed by atoms with Crippen LogP contribution in [-0.2, 0) is 0 Å². The van der Waals surface area contributed by atoms with Crippen LogP contribution < -0.4 is 5.73 Å². The smallest absolute Gasteiger partial charge is 0.0109 e. The van der Waals surface area contributed by atoms with E-state index in [4.69, 9.17) is 5.73 Å². The zero-order valence-corrected chi connectivity index (χ0v) is 6.22. The van der Waals surface area contributed by atoms with Crippen LogP contribution in [0, 0.1) is 0 Å². The highest BCUT2D eigenvalue weighted by Gasteiger charge is 1.76. The Morgan fingerprint density at radius 3 is 2.67 bits per heavy atom. The van der Waals surface area contributed by atoms with E-state index in [0.717, 1.165) is 6.42 Å². The number of rotatable bonds is 3. The molecule has 1 heteroatoms. The third kappa shape index (κ3) is 5.31. The molecule has 2 N–H and O–H groups in total. The highest BCUT2D eigenvalue weighted by atomic mass is 14.5. The van der Waals surface area contributed by atoms with Gasteiger partial charge in [0.1, 0.15) is 0 Å². The van der Waals surface area contributed by atoms with E-state index in [-0.39, 0.29) is 0 Å². The molecule has 0 aromatic rings. The lowest BCUT2D eigenvalue weighted by molar-refractivity contribution is 1.10. The molecule has 0 amide bonds. The van der Waals surface area contributed by atoms with Gasteiger partial charge in [-0.2, -0.15) is 0 Å². The van der Waals surface area contributed by atoms with Crippen molar-refractivity contribution in [2.24, 2.45) is 5.73 Å². The first-order valence-corrected chi connectivity index (χ1v) is 3.33. The molecule has 0 aromatic heterocycles. The van der Waals surface area contributed by atoms with E-state index < -0.39 is 0 Å². The summed E-state index contributed by atoms with van der Waals surface area (Å²) < 4.78 is 0. The van der Waals surface area contributed by atoms with E-state index in [9.17, 15) is 0 Å². The Morgan fingerprint density at radius 1 is 1.56 bits per heavy atom. The van der Waals surface area contributed by atoms with Crippen LogP contribution in [0.1, 0.15) is 20.3 Å². The fourth-order valence-corrected chi connectivity index (χ4v) is 0.429. The minimum Gasteiger partial charge on any atom is -0.327 e. The Labute approximate surface area is 57.3 Å². The van der Waals surface area contributed by atoms with E-state index in [2.05, 4.69) is 19.9 Å². The van der Waals surface area contributed by atoms with Gasteiger partial charge in [0.05, 0.1) is 0 Å². The quantitative estimate of drug-likeness (QED) is 0.572. The third-order valence-electron chi connectivity index (χ3n) is 1.21. The summed E-state index contributed by atoms with van der Waals surface area (Å²) in [5, 5.41) is 0. The van der Waals surface area contributed by atoms with Crippen LogP contribution >= 0.6 is 0 Å². The number of nitrogens with two attached hydrogens (primary N) is 1. The summed E-state index contributed by atoms with van der Waals surface area (Å²) in [6.07, 6.45) is 7.15. The summed E-state index contributed by atoms with van der Waals surface area (Å²) in [6.45, 7) is 4.89. The largest absolute Gasteiger partial charge is 0.327 e. The predicted octanol–water partition coefficient (Wildman–Crippen LogP) is 1.86. The lowest BCUT2D eigenvalue weighted by atomic mass is 10.2. The minimum atomic E-state index is 0.632. The maximum absolute atomic E-state index is 5.24. The van der Waals surface area contributed by atoms with Gasteiger partial charge in [-0.25, -0.2) is 0 Å². The maximum atomic E-state index is 5.24. The summed E-state index contributed by atoms with van der Waals surface area (Å²) >= 11 is 0. The molecule has 52 valence electrons. The average Bonchev–Trinajstić information content (AvgIpc) is 1.89. The summed E-state index contributed by atoms with van der Waals surface area (Å²) in [5.41, 5.74) is 6.63. The molecule has 0 rings (SSSR count). The number of hydrogen-bond acceptors (Lipinski definition) is 1. The summed E-state index contributed by atoms with van der Waals surface area (Å²) in [7, 11) is 0. The van der Waals surface area contributed by atoms with Crippen molar-refractivity contribution in [2.45, 2.75) is 20.3 Å². The maximum Gasteiger partial charge on any atom is 0.0109 e. The van der Waals surface area contributed by atoms with Crippen molar-refractivity contribution >= 4 is 0 Å². The average molecular weight is 125 g/mol. The molecule has 0 heterocycles. The first kappa shape index (κ1) is 8.44. The molecule has 0 aliphatic carbocycles. The van der Waals surface area contributed by atoms with E-state index in [0.29, 0.717) is 6.54 Å². The van der Waals surface area contributed by atoms with Gasteiger partial charge in [-0.05, 0) is 13.3 Å². The Bertz CT molecular complexity index is 112. The number of hydrogen-bond donors (Lipinski definition) is 1. The molecular formula is C8H15N. The third-order valence-corrected chi connectivity index (χ3v) is 1.21. The Morgan fingerprint density at radius 2 is 2.22 bits per heavy atom. The van der Waals surface area contributed by atoms with Gasteiger partial charge in [-0.15, -0.1) is 0 Å². The molecule has 0 bridgehead atoms. The second-order valence-electron chi connectivity index (χ2n) is 2.03. The fraction of sp³-hybridized carbons (Fsp3) is 0.500. The van der Waals surface area contributed by atoms with Gasteiger partial charge in [0, 0.05) is 6.54 Å². The summed E-state index contributed by atoms with van der Waals surface area (Å²) in [4.78, 5) is 0. The molecule has 0 fully saturated rings.